The van der Waals surface area contributed by atoms with E-state index in [1.807, 2.05) is 25.1 Å². The van der Waals surface area contributed by atoms with Gasteiger partial charge in [0, 0.05) is 23.0 Å². The van der Waals surface area contributed by atoms with E-state index in [-0.39, 0.29) is 6.10 Å². The molecule has 4 nitrogen and oxygen atoms in total. The molecule has 0 unspecified atom stereocenters. The zero-order chi connectivity index (χ0) is 17.2. The van der Waals surface area contributed by atoms with Gasteiger partial charge >= 0.3 is 0 Å². The lowest BCUT2D eigenvalue weighted by Gasteiger charge is -2.31. The first-order valence-corrected chi connectivity index (χ1v) is 10.6. The fourth-order valence-corrected chi connectivity index (χ4v) is 5.84. The summed E-state index contributed by atoms with van der Waals surface area (Å²) in [4.78, 5) is 1.09. The molecule has 1 aliphatic rings. The summed E-state index contributed by atoms with van der Waals surface area (Å²) in [5, 5.41) is 0.636. The molecule has 24 heavy (non-hydrogen) atoms. The van der Waals surface area contributed by atoms with Crippen LogP contribution in [-0.2, 0) is 16.4 Å². The van der Waals surface area contributed by atoms with Gasteiger partial charge in [-0.15, -0.1) is 11.3 Å². The Morgan fingerprint density at radius 1 is 1.25 bits per heavy atom. The number of hydrogen-bond donors (Lipinski definition) is 0. The summed E-state index contributed by atoms with van der Waals surface area (Å²) in [5.41, 5.74) is 0. The predicted octanol–water partition coefficient (Wildman–Crippen LogP) is 4.20. The van der Waals surface area contributed by atoms with Gasteiger partial charge in [-0.2, -0.15) is 4.31 Å². The summed E-state index contributed by atoms with van der Waals surface area (Å²) >= 11 is 7.32. The molecule has 0 bridgehead atoms. The largest absolute Gasteiger partial charge is 0.490 e. The van der Waals surface area contributed by atoms with Gasteiger partial charge in [0.2, 0.25) is 0 Å². The third-order valence-electron chi connectivity index (χ3n) is 4.08. The van der Waals surface area contributed by atoms with Crippen LogP contribution in [0.5, 0.6) is 5.75 Å². The first kappa shape index (κ1) is 17.7. The molecule has 0 radical (unpaired) electrons. The summed E-state index contributed by atoms with van der Waals surface area (Å²) in [6.07, 6.45) is 2.23. The lowest BCUT2D eigenvalue weighted by Crippen LogP contribution is -2.41. The molecular weight excluding hydrogens is 366 g/mol. The second-order valence-corrected chi connectivity index (χ2v) is 9.52. The quantitative estimate of drug-likeness (QED) is 0.775. The summed E-state index contributed by atoms with van der Waals surface area (Å²) < 4.78 is 33.3. The van der Waals surface area contributed by atoms with Gasteiger partial charge in [0.25, 0.3) is 10.0 Å². The van der Waals surface area contributed by atoms with E-state index in [1.165, 1.54) is 11.3 Å². The first-order chi connectivity index (χ1) is 11.5. The summed E-state index contributed by atoms with van der Waals surface area (Å²) in [6.45, 7) is 2.99. The van der Waals surface area contributed by atoms with Crippen molar-refractivity contribution in [2.24, 2.45) is 0 Å². The molecule has 130 valence electrons. The first-order valence-electron chi connectivity index (χ1n) is 8.00. The van der Waals surface area contributed by atoms with Gasteiger partial charge in [0.05, 0.1) is 0 Å². The molecule has 1 aromatic heterocycles. The normalized spacial score (nSPS) is 17.1. The highest BCUT2D eigenvalue weighted by Crippen LogP contribution is 2.28. The van der Waals surface area contributed by atoms with Crippen LogP contribution in [-0.4, -0.2) is 31.9 Å². The van der Waals surface area contributed by atoms with Crippen LogP contribution in [0.15, 0.2) is 40.6 Å². The molecule has 0 N–H and O–H groups in total. The lowest BCUT2D eigenvalue weighted by atomic mass is 10.1. The van der Waals surface area contributed by atoms with Crippen molar-refractivity contribution >= 4 is 33.0 Å². The Bertz CT molecular complexity index is 796. The van der Waals surface area contributed by atoms with Crippen LogP contribution in [0.2, 0.25) is 5.02 Å². The highest BCUT2D eigenvalue weighted by molar-refractivity contribution is 7.91. The Labute approximate surface area is 152 Å². The molecule has 2 aromatic rings. The second kappa shape index (κ2) is 7.44. The smallest absolute Gasteiger partial charge is 0.252 e. The SMILES string of the molecule is CCc1ccc(S(=O)(=O)N2CCC(Oc3cccc(Cl)c3)CC2)s1. The van der Waals surface area contributed by atoms with Crippen molar-refractivity contribution in [2.75, 3.05) is 13.1 Å². The molecule has 2 heterocycles. The number of halogens is 1. The monoisotopic (exact) mass is 385 g/mol. The minimum Gasteiger partial charge on any atom is -0.490 e. The average Bonchev–Trinajstić information content (AvgIpc) is 3.05. The Kier molecular flexibility index (Phi) is 5.49. The molecule has 3 rings (SSSR count). The number of benzene rings is 1. The van der Waals surface area contributed by atoms with Crippen molar-refractivity contribution in [3.63, 3.8) is 0 Å². The van der Waals surface area contributed by atoms with Crippen molar-refractivity contribution in [2.45, 2.75) is 36.5 Å². The standard InChI is InChI=1S/C17H20ClNO3S2/c1-2-16-6-7-17(23-16)24(20,21)19-10-8-14(9-11-19)22-15-5-3-4-13(18)12-15/h3-7,12,14H,2,8-11H2,1H3. The van der Waals surface area contributed by atoms with Gasteiger partial charge < -0.3 is 4.74 Å². The van der Waals surface area contributed by atoms with Crippen LogP contribution >= 0.6 is 22.9 Å². The minimum absolute atomic E-state index is 0.0180. The summed E-state index contributed by atoms with van der Waals surface area (Å²) in [6, 6.07) is 10.9. The number of ether oxygens (including phenoxy) is 1. The van der Waals surface area contributed by atoms with Crippen LogP contribution in [0.3, 0.4) is 0 Å². The number of hydrogen-bond acceptors (Lipinski definition) is 4. The van der Waals surface area contributed by atoms with E-state index in [2.05, 4.69) is 0 Å². The molecule has 7 heteroatoms. The van der Waals surface area contributed by atoms with Crippen LogP contribution in [0, 0.1) is 0 Å². The number of piperidine rings is 1. The lowest BCUT2D eigenvalue weighted by molar-refractivity contribution is 0.135. The molecule has 1 fully saturated rings. The molecule has 0 saturated carbocycles. The fourth-order valence-electron chi connectivity index (χ4n) is 2.74. The van der Waals surface area contributed by atoms with Crippen LogP contribution in [0.25, 0.3) is 0 Å². The third-order valence-corrected chi connectivity index (χ3v) is 7.91. The predicted molar refractivity (Wildman–Crippen MR) is 97.6 cm³/mol. The molecule has 0 aliphatic carbocycles. The molecular formula is C17H20ClNO3S2. The zero-order valence-electron chi connectivity index (χ0n) is 13.4. The number of aryl methyl sites for hydroxylation is 1. The molecule has 1 aromatic carbocycles. The summed E-state index contributed by atoms with van der Waals surface area (Å²) in [5.74, 6) is 0.731. The van der Waals surface area contributed by atoms with E-state index >= 15 is 0 Å². The number of sulfonamides is 1. The highest BCUT2D eigenvalue weighted by Gasteiger charge is 2.31. The molecule has 1 saturated heterocycles. The Balaban J connectivity index is 1.62. The number of rotatable bonds is 5. The van der Waals surface area contributed by atoms with Gasteiger partial charge in [0.1, 0.15) is 16.1 Å². The maximum absolute atomic E-state index is 12.7. The van der Waals surface area contributed by atoms with E-state index in [1.54, 1.807) is 22.5 Å². The zero-order valence-corrected chi connectivity index (χ0v) is 15.8. The van der Waals surface area contributed by atoms with Crippen molar-refractivity contribution in [1.82, 2.24) is 4.31 Å². The van der Waals surface area contributed by atoms with Gasteiger partial charge in [0.15, 0.2) is 0 Å². The van der Waals surface area contributed by atoms with E-state index in [0.29, 0.717) is 35.2 Å². The van der Waals surface area contributed by atoms with E-state index < -0.39 is 10.0 Å². The number of nitrogens with zero attached hydrogens (tertiary/aromatic N) is 1. The van der Waals surface area contributed by atoms with Crippen LogP contribution in [0.4, 0.5) is 0 Å². The van der Waals surface area contributed by atoms with E-state index in [9.17, 15) is 8.42 Å². The third kappa shape index (κ3) is 3.94. The maximum atomic E-state index is 12.7. The van der Waals surface area contributed by atoms with Gasteiger partial charge in [-0.3, -0.25) is 0 Å². The van der Waals surface area contributed by atoms with Gasteiger partial charge in [-0.1, -0.05) is 24.6 Å². The van der Waals surface area contributed by atoms with Gasteiger partial charge in [-0.05, 0) is 49.6 Å². The topological polar surface area (TPSA) is 46.6 Å². The van der Waals surface area contributed by atoms with Crippen molar-refractivity contribution < 1.29 is 13.2 Å². The molecule has 0 spiro atoms. The second-order valence-electron chi connectivity index (χ2n) is 5.75. The number of thiophene rings is 1. The van der Waals surface area contributed by atoms with E-state index in [0.717, 1.165) is 17.0 Å². The Morgan fingerprint density at radius 2 is 2.00 bits per heavy atom. The molecule has 0 atom stereocenters. The maximum Gasteiger partial charge on any atom is 0.252 e. The fraction of sp³-hybridized carbons (Fsp3) is 0.412. The van der Waals surface area contributed by atoms with Crippen LogP contribution in [0.1, 0.15) is 24.6 Å². The van der Waals surface area contributed by atoms with Crippen molar-refractivity contribution in [3.8, 4) is 5.75 Å². The van der Waals surface area contributed by atoms with Crippen LogP contribution < -0.4 is 4.74 Å². The average molecular weight is 386 g/mol. The minimum atomic E-state index is -3.38. The van der Waals surface area contributed by atoms with Crippen molar-refractivity contribution in [3.05, 3.63) is 46.3 Å². The van der Waals surface area contributed by atoms with E-state index in [4.69, 9.17) is 16.3 Å². The Hall–Kier alpha value is -1.08. The molecule has 1 aliphatic heterocycles. The highest BCUT2D eigenvalue weighted by atomic mass is 35.5. The molecule has 0 amide bonds. The summed E-state index contributed by atoms with van der Waals surface area (Å²) in [7, 11) is -3.38. The van der Waals surface area contributed by atoms with Gasteiger partial charge in [-0.25, -0.2) is 8.42 Å². The van der Waals surface area contributed by atoms with Crippen molar-refractivity contribution in [1.29, 1.82) is 0 Å². The Morgan fingerprint density at radius 3 is 2.62 bits per heavy atom.